The van der Waals surface area contributed by atoms with Crippen molar-refractivity contribution in [3.05, 3.63) is 64.9 Å². The summed E-state index contributed by atoms with van der Waals surface area (Å²) in [6, 6.07) is 10.0. The number of thiazole rings is 1. The van der Waals surface area contributed by atoms with Gasteiger partial charge in [-0.15, -0.1) is 11.3 Å². The second-order valence-electron chi connectivity index (χ2n) is 4.82. The minimum Gasteiger partial charge on any atom is -0.487 e. The summed E-state index contributed by atoms with van der Waals surface area (Å²) in [7, 11) is 0. The summed E-state index contributed by atoms with van der Waals surface area (Å²) in [5.74, 6) is 0.905. The summed E-state index contributed by atoms with van der Waals surface area (Å²) in [6.45, 7) is 3.00. The molecular formula is C16H18N4OS. The third-order valence-corrected chi connectivity index (χ3v) is 3.86. The molecule has 0 saturated heterocycles. The summed E-state index contributed by atoms with van der Waals surface area (Å²) in [5, 5.41) is 9.61. The minimum absolute atomic E-state index is 0.508. The van der Waals surface area contributed by atoms with Crippen molar-refractivity contribution < 1.29 is 4.74 Å². The number of rotatable bonds is 8. The van der Waals surface area contributed by atoms with Gasteiger partial charge < -0.3 is 10.1 Å². The van der Waals surface area contributed by atoms with Crippen molar-refractivity contribution >= 4 is 11.3 Å². The van der Waals surface area contributed by atoms with Gasteiger partial charge in [-0.25, -0.2) is 4.98 Å². The van der Waals surface area contributed by atoms with Crippen LogP contribution in [0, 0.1) is 0 Å². The van der Waals surface area contributed by atoms with E-state index in [1.165, 1.54) is 0 Å². The molecule has 0 atom stereocenters. The van der Waals surface area contributed by atoms with Crippen LogP contribution in [0.1, 0.15) is 11.3 Å². The van der Waals surface area contributed by atoms with Gasteiger partial charge in [0.1, 0.15) is 12.4 Å². The van der Waals surface area contributed by atoms with Crippen LogP contribution in [0.15, 0.2) is 53.6 Å². The Kier molecular flexibility index (Phi) is 5.18. The number of hydrogen-bond acceptors (Lipinski definition) is 5. The molecule has 0 spiro atoms. The van der Waals surface area contributed by atoms with E-state index in [-0.39, 0.29) is 0 Å². The Labute approximate surface area is 133 Å². The van der Waals surface area contributed by atoms with Gasteiger partial charge in [0.25, 0.3) is 0 Å². The van der Waals surface area contributed by atoms with Crippen molar-refractivity contribution in [3.63, 3.8) is 0 Å². The first kappa shape index (κ1) is 14.7. The molecule has 3 rings (SSSR count). The normalized spacial score (nSPS) is 10.7. The van der Waals surface area contributed by atoms with Gasteiger partial charge in [0.15, 0.2) is 0 Å². The van der Waals surface area contributed by atoms with E-state index in [1.54, 1.807) is 17.5 Å². The Bertz CT molecular complexity index is 667. The zero-order valence-electron chi connectivity index (χ0n) is 12.2. The molecule has 0 unspecified atom stereocenters. The van der Waals surface area contributed by atoms with Crippen molar-refractivity contribution in [2.45, 2.75) is 19.7 Å². The molecule has 0 radical (unpaired) electrons. The molecular weight excluding hydrogens is 296 g/mol. The maximum Gasteiger partial charge on any atom is 0.131 e. The second-order valence-corrected chi connectivity index (χ2v) is 5.54. The first-order valence-electron chi connectivity index (χ1n) is 7.18. The fourth-order valence-electron chi connectivity index (χ4n) is 2.10. The van der Waals surface area contributed by atoms with Crippen LogP contribution in [0.4, 0.5) is 0 Å². The van der Waals surface area contributed by atoms with Gasteiger partial charge in [0.05, 0.1) is 17.7 Å². The van der Waals surface area contributed by atoms with Gasteiger partial charge in [-0.1, -0.05) is 18.2 Å². The highest BCUT2D eigenvalue weighted by Gasteiger charge is 2.04. The molecule has 0 fully saturated rings. The van der Waals surface area contributed by atoms with E-state index >= 15 is 0 Å². The summed E-state index contributed by atoms with van der Waals surface area (Å²) >= 11 is 1.58. The van der Waals surface area contributed by atoms with Crippen LogP contribution in [0.5, 0.6) is 5.75 Å². The van der Waals surface area contributed by atoms with Crippen LogP contribution < -0.4 is 10.1 Å². The Morgan fingerprint density at radius 1 is 1.23 bits per heavy atom. The first-order chi connectivity index (χ1) is 10.9. The average Bonchev–Trinajstić information content (AvgIpc) is 3.24. The Morgan fingerprint density at radius 2 is 2.18 bits per heavy atom. The van der Waals surface area contributed by atoms with Crippen LogP contribution in [-0.4, -0.2) is 21.3 Å². The van der Waals surface area contributed by atoms with E-state index in [0.717, 1.165) is 36.6 Å². The molecule has 0 aliphatic rings. The molecule has 1 N–H and O–H groups in total. The monoisotopic (exact) mass is 314 g/mol. The number of hydrogen-bond donors (Lipinski definition) is 1. The van der Waals surface area contributed by atoms with E-state index in [2.05, 4.69) is 21.5 Å². The number of ether oxygens (including phenoxy) is 1. The number of nitrogens with zero attached hydrogens (tertiary/aromatic N) is 3. The third kappa shape index (κ3) is 4.16. The Morgan fingerprint density at radius 3 is 3.00 bits per heavy atom. The molecule has 0 aliphatic heterocycles. The van der Waals surface area contributed by atoms with Crippen molar-refractivity contribution in [2.24, 2.45) is 0 Å². The average molecular weight is 314 g/mol. The van der Waals surface area contributed by atoms with Crippen LogP contribution in [0.2, 0.25) is 0 Å². The number of nitrogens with one attached hydrogen (secondary N) is 1. The van der Waals surface area contributed by atoms with E-state index < -0.39 is 0 Å². The quantitative estimate of drug-likeness (QED) is 0.650. The number of benzene rings is 1. The smallest absolute Gasteiger partial charge is 0.131 e. The van der Waals surface area contributed by atoms with Gasteiger partial charge in [-0.2, -0.15) is 5.10 Å². The molecule has 3 aromatic rings. The van der Waals surface area contributed by atoms with Gasteiger partial charge >= 0.3 is 0 Å². The third-order valence-electron chi connectivity index (χ3n) is 3.22. The molecule has 1 aromatic carbocycles. The second kappa shape index (κ2) is 7.72. The SMILES string of the molecule is c1ccc(OCc2cscn2)c(CNCCn2cccn2)c1. The van der Waals surface area contributed by atoms with E-state index in [1.807, 2.05) is 46.0 Å². The van der Waals surface area contributed by atoms with Crippen LogP contribution in [0.3, 0.4) is 0 Å². The van der Waals surface area contributed by atoms with Crippen molar-refractivity contribution in [1.82, 2.24) is 20.1 Å². The molecule has 0 amide bonds. The maximum absolute atomic E-state index is 5.87. The highest BCUT2D eigenvalue weighted by atomic mass is 32.1. The van der Waals surface area contributed by atoms with Gasteiger partial charge in [-0.05, 0) is 12.1 Å². The molecule has 114 valence electrons. The zero-order chi connectivity index (χ0) is 15.0. The molecule has 2 aromatic heterocycles. The van der Waals surface area contributed by atoms with Gasteiger partial charge in [0, 0.05) is 36.4 Å². The first-order valence-corrected chi connectivity index (χ1v) is 8.12. The predicted molar refractivity (Wildman–Crippen MR) is 86.8 cm³/mol. The Balaban J connectivity index is 1.49. The maximum atomic E-state index is 5.87. The van der Waals surface area contributed by atoms with Crippen LogP contribution in [-0.2, 0) is 19.7 Å². The number of aromatic nitrogens is 3. The molecule has 6 heteroatoms. The van der Waals surface area contributed by atoms with Crippen molar-refractivity contribution in [1.29, 1.82) is 0 Å². The summed E-state index contributed by atoms with van der Waals surface area (Å²) < 4.78 is 7.79. The lowest BCUT2D eigenvalue weighted by Gasteiger charge is -2.11. The summed E-state index contributed by atoms with van der Waals surface area (Å²) in [4.78, 5) is 4.23. The molecule has 0 bridgehead atoms. The molecule has 0 aliphatic carbocycles. The van der Waals surface area contributed by atoms with Crippen LogP contribution >= 0.6 is 11.3 Å². The molecule has 2 heterocycles. The number of para-hydroxylation sites is 1. The van der Waals surface area contributed by atoms with E-state index in [9.17, 15) is 0 Å². The fourth-order valence-corrected chi connectivity index (χ4v) is 2.64. The van der Waals surface area contributed by atoms with Gasteiger partial charge in [-0.3, -0.25) is 4.68 Å². The molecule has 5 nitrogen and oxygen atoms in total. The summed E-state index contributed by atoms with van der Waals surface area (Å²) in [5.41, 5.74) is 3.94. The van der Waals surface area contributed by atoms with Crippen LogP contribution in [0.25, 0.3) is 0 Å². The minimum atomic E-state index is 0.508. The Hall–Kier alpha value is -2.18. The van der Waals surface area contributed by atoms with Crippen molar-refractivity contribution in [3.8, 4) is 5.75 Å². The summed E-state index contributed by atoms with van der Waals surface area (Å²) in [6.07, 6.45) is 3.76. The van der Waals surface area contributed by atoms with E-state index in [0.29, 0.717) is 6.61 Å². The van der Waals surface area contributed by atoms with Crippen molar-refractivity contribution in [2.75, 3.05) is 6.54 Å². The largest absolute Gasteiger partial charge is 0.487 e. The molecule has 22 heavy (non-hydrogen) atoms. The highest BCUT2D eigenvalue weighted by Crippen LogP contribution is 2.19. The molecule has 0 saturated carbocycles. The lowest BCUT2D eigenvalue weighted by Crippen LogP contribution is -2.20. The lowest BCUT2D eigenvalue weighted by molar-refractivity contribution is 0.298. The standard InChI is InChI=1S/C16H18N4OS/c1-2-5-16(21-11-15-12-22-13-18-15)14(4-1)10-17-7-9-20-8-3-6-19-20/h1-6,8,12-13,17H,7,9-11H2. The lowest BCUT2D eigenvalue weighted by atomic mass is 10.2. The highest BCUT2D eigenvalue weighted by molar-refractivity contribution is 7.07. The fraction of sp³-hybridized carbons (Fsp3) is 0.250. The van der Waals surface area contributed by atoms with Gasteiger partial charge in [0.2, 0.25) is 0 Å². The van der Waals surface area contributed by atoms with E-state index in [4.69, 9.17) is 4.74 Å². The topological polar surface area (TPSA) is 52.0 Å². The predicted octanol–water partition coefficient (Wildman–Crippen LogP) is 2.71. The zero-order valence-corrected chi connectivity index (χ0v) is 13.0.